The normalized spacial score (nSPS) is 16.4. The van der Waals surface area contributed by atoms with Crippen molar-refractivity contribution in [3.63, 3.8) is 0 Å². The lowest BCUT2D eigenvalue weighted by Gasteiger charge is -2.09. The van der Waals surface area contributed by atoms with Crippen LogP contribution < -0.4 is 10.1 Å². The topological polar surface area (TPSA) is 88.0 Å². The second-order valence-electron chi connectivity index (χ2n) is 5.39. The van der Waals surface area contributed by atoms with E-state index in [1.165, 1.54) is 23.9 Å². The second kappa shape index (κ2) is 7.40. The van der Waals surface area contributed by atoms with Crippen molar-refractivity contribution in [2.24, 2.45) is 4.99 Å². The Kier molecular flexibility index (Phi) is 5.04. The van der Waals surface area contributed by atoms with Gasteiger partial charge in [0.1, 0.15) is 21.8 Å². The van der Waals surface area contributed by atoms with Crippen LogP contribution in [0.15, 0.2) is 53.5 Å². The Labute approximate surface area is 148 Å². The predicted molar refractivity (Wildman–Crippen MR) is 97.3 cm³/mol. The van der Waals surface area contributed by atoms with Gasteiger partial charge >= 0.3 is 0 Å². The Bertz CT molecular complexity index is 833. The van der Waals surface area contributed by atoms with Gasteiger partial charge in [-0.3, -0.25) is 9.59 Å². The average molecular weight is 356 g/mol. The van der Waals surface area contributed by atoms with Crippen LogP contribution in [0.3, 0.4) is 0 Å². The largest absolute Gasteiger partial charge is 0.508 e. The number of benzene rings is 2. The van der Waals surface area contributed by atoms with Gasteiger partial charge in [-0.1, -0.05) is 17.8 Å². The molecule has 2 aromatic carbocycles. The fraction of sp³-hybridized carbons (Fsp3) is 0.167. The lowest BCUT2D eigenvalue weighted by Crippen LogP contribution is -2.21. The van der Waals surface area contributed by atoms with Crippen LogP contribution in [-0.4, -0.2) is 34.3 Å². The maximum atomic E-state index is 12.2. The summed E-state index contributed by atoms with van der Waals surface area (Å²) >= 11 is 1.26. The number of phenolic OH excluding ortho intramolecular Hbond substituents is 1. The summed E-state index contributed by atoms with van der Waals surface area (Å²) in [6.45, 7) is 0. The highest BCUT2D eigenvalue weighted by atomic mass is 32.2. The lowest BCUT2D eigenvalue weighted by molar-refractivity contribution is -0.121. The van der Waals surface area contributed by atoms with E-state index in [0.29, 0.717) is 16.5 Å². The lowest BCUT2D eigenvalue weighted by atomic mass is 10.2. The van der Waals surface area contributed by atoms with Gasteiger partial charge in [0.2, 0.25) is 5.91 Å². The molecule has 1 atom stereocenters. The molecule has 1 heterocycles. The molecule has 0 fully saturated rings. The van der Waals surface area contributed by atoms with Crippen LogP contribution in [0.5, 0.6) is 11.5 Å². The van der Waals surface area contributed by atoms with Crippen molar-refractivity contribution in [3.8, 4) is 11.5 Å². The van der Waals surface area contributed by atoms with Crippen molar-refractivity contribution < 1.29 is 19.4 Å². The number of amides is 2. The van der Waals surface area contributed by atoms with Crippen LogP contribution in [0.25, 0.3) is 0 Å². The summed E-state index contributed by atoms with van der Waals surface area (Å²) < 4.78 is 5.11. The monoisotopic (exact) mass is 356 g/mol. The number of anilines is 1. The van der Waals surface area contributed by atoms with E-state index in [4.69, 9.17) is 4.74 Å². The quantitative estimate of drug-likeness (QED) is 0.860. The molecule has 0 saturated heterocycles. The molecule has 0 aliphatic carbocycles. The van der Waals surface area contributed by atoms with Crippen LogP contribution in [0.2, 0.25) is 0 Å². The fourth-order valence-corrected chi connectivity index (χ4v) is 3.40. The summed E-state index contributed by atoms with van der Waals surface area (Å²) in [5.41, 5.74) is 1.35. The first-order valence-corrected chi connectivity index (χ1v) is 8.45. The highest BCUT2D eigenvalue weighted by Crippen LogP contribution is 2.30. The Morgan fingerprint density at radius 3 is 2.76 bits per heavy atom. The molecule has 2 amide bonds. The molecule has 25 heavy (non-hydrogen) atoms. The van der Waals surface area contributed by atoms with Crippen LogP contribution in [0, 0.1) is 0 Å². The fourth-order valence-electron chi connectivity index (χ4n) is 2.33. The number of nitrogens with zero attached hydrogens (tertiary/aromatic N) is 1. The van der Waals surface area contributed by atoms with Crippen molar-refractivity contribution in [2.75, 3.05) is 12.4 Å². The van der Waals surface area contributed by atoms with Crippen molar-refractivity contribution in [1.29, 1.82) is 0 Å². The van der Waals surface area contributed by atoms with E-state index in [9.17, 15) is 14.7 Å². The number of aromatic hydroxyl groups is 1. The SMILES string of the molecule is COc1cccc(NC(=O)C[C@H]2SC(c3ccc(O)cc3)=NC2=O)c1. The highest BCUT2D eigenvalue weighted by Gasteiger charge is 2.31. The molecule has 128 valence electrons. The Morgan fingerprint density at radius 2 is 2.04 bits per heavy atom. The molecule has 0 unspecified atom stereocenters. The summed E-state index contributed by atoms with van der Waals surface area (Å²) in [4.78, 5) is 28.3. The first-order chi connectivity index (χ1) is 12.0. The van der Waals surface area contributed by atoms with Gasteiger partial charge in [-0.2, -0.15) is 0 Å². The molecule has 2 aromatic rings. The van der Waals surface area contributed by atoms with Crippen LogP contribution in [0.4, 0.5) is 5.69 Å². The molecule has 0 bridgehead atoms. The molecule has 3 rings (SSSR count). The van der Waals surface area contributed by atoms with Gasteiger partial charge in [0.05, 0.1) is 7.11 Å². The first-order valence-electron chi connectivity index (χ1n) is 7.57. The minimum atomic E-state index is -0.547. The van der Waals surface area contributed by atoms with Crippen LogP contribution in [0.1, 0.15) is 12.0 Å². The van der Waals surface area contributed by atoms with Gasteiger partial charge in [-0.05, 0) is 36.4 Å². The molecule has 0 spiro atoms. The van der Waals surface area contributed by atoms with Crippen molar-refractivity contribution in [2.45, 2.75) is 11.7 Å². The first kappa shape index (κ1) is 17.0. The standard InChI is InChI=1S/C18H16N2O4S/c1-24-14-4-2-3-12(9-14)19-16(22)10-15-17(23)20-18(25-15)11-5-7-13(21)8-6-11/h2-9,15,21H,10H2,1H3,(H,19,22)/t15-/m1/s1. The third-order valence-electron chi connectivity index (χ3n) is 3.58. The van der Waals surface area contributed by atoms with Gasteiger partial charge < -0.3 is 15.2 Å². The maximum Gasteiger partial charge on any atom is 0.260 e. The van der Waals surface area contributed by atoms with E-state index >= 15 is 0 Å². The number of aliphatic imine (C=N–C) groups is 1. The third-order valence-corrected chi connectivity index (χ3v) is 4.78. The number of hydrogen-bond acceptors (Lipinski definition) is 5. The van der Waals surface area contributed by atoms with E-state index < -0.39 is 5.25 Å². The molecular weight excluding hydrogens is 340 g/mol. The molecule has 6 nitrogen and oxygen atoms in total. The zero-order chi connectivity index (χ0) is 17.8. The van der Waals surface area contributed by atoms with Gasteiger partial charge in [0.25, 0.3) is 5.91 Å². The summed E-state index contributed by atoms with van der Waals surface area (Å²) in [5.74, 6) is 0.199. The van der Waals surface area contributed by atoms with E-state index in [1.807, 2.05) is 0 Å². The zero-order valence-electron chi connectivity index (χ0n) is 13.4. The molecule has 2 N–H and O–H groups in total. The number of ether oxygens (including phenoxy) is 1. The number of rotatable bonds is 5. The molecule has 7 heteroatoms. The molecule has 1 aliphatic heterocycles. The minimum Gasteiger partial charge on any atom is -0.508 e. The number of phenols is 1. The van der Waals surface area contributed by atoms with E-state index in [-0.39, 0.29) is 24.0 Å². The smallest absolute Gasteiger partial charge is 0.260 e. The number of nitrogens with one attached hydrogen (secondary N) is 1. The Morgan fingerprint density at radius 1 is 1.28 bits per heavy atom. The summed E-state index contributed by atoms with van der Waals surface area (Å²) in [7, 11) is 1.55. The third kappa shape index (κ3) is 4.19. The number of hydrogen-bond donors (Lipinski definition) is 2. The molecule has 0 saturated carbocycles. The summed E-state index contributed by atoms with van der Waals surface area (Å²) in [5, 5.41) is 12.1. The minimum absolute atomic E-state index is 0.0335. The van der Waals surface area contributed by atoms with Gasteiger partial charge in [-0.15, -0.1) is 0 Å². The Hall–Kier alpha value is -2.80. The van der Waals surface area contributed by atoms with E-state index in [0.717, 1.165) is 5.56 Å². The van der Waals surface area contributed by atoms with Gasteiger partial charge in [0, 0.05) is 23.7 Å². The maximum absolute atomic E-state index is 12.2. The second-order valence-corrected chi connectivity index (χ2v) is 6.58. The zero-order valence-corrected chi connectivity index (χ0v) is 14.2. The summed E-state index contributed by atoms with van der Waals surface area (Å²) in [6.07, 6.45) is 0.0335. The molecule has 0 aromatic heterocycles. The van der Waals surface area contributed by atoms with E-state index in [2.05, 4.69) is 10.3 Å². The number of carbonyl (C=O) groups is 2. The van der Waals surface area contributed by atoms with Gasteiger partial charge in [-0.25, -0.2) is 4.99 Å². The number of thioether (sulfide) groups is 1. The van der Waals surface area contributed by atoms with E-state index in [1.54, 1.807) is 43.5 Å². The van der Waals surface area contributed by atoms with Crippen LogP contribution >= 0.6 is 11.8 Å². The van der Waals surface area contributed by atoms with Crippen molar-refractivity contribution >= 4 is 34.3 Å². The van der Waals surface area contributed by atoms with Crippen molar-refractivity contribution in [1.82, 2.24) is 0 Å². The van der Waals surface area contributed by atoms with Crippen LogP contribution in [-0.2, 0) is 9.59 Å². The van der Waals surface area contributed by atoms with Gasteiger partial charge in [0.15, 0.2) is 0 Å². The predicted octanol–water partition coefficient (Wildman–Crippen LogP) is 2.82. The molecule has 0 radical (unpaired) electrons. The Balaban J connectivity index is 1.61. The molecule has 1 aliphatic rings. The summed E-state index contributed by atoms with van der Waals surface area (Å²) in [6, 6.07) is 13.5. The number of carbonyl (C=O) groups excluding carboxylic acids is 2. The molecular formula is C18H16N2O4S. The highest BCUT2D eigenvalue weighted by molar-refractivity contribution is 8.16. The average Bonchev–Trinajstić information content (AvgIpc) is 2.96. The van der Waals surface area contributed by atoms with Crippen molar-refractivity contribution in [3.05, 3.63) is 54.1 Å². The number of methoxy groups -OCH3 is 1.